The smallest absolute Gasteiger partial charge is 0.224 e. The summed E-state index contributed by atoms with van der Waals surface area (Å²) in [6.45, 7) is 0.538. The maximum absolute atomic E-state index is 11.8. The second kappa shape index (κ2) is 6.75. The molecule has 2 nitrogen and oxygen atoms in total. The topological polar surface area (TPSA) is 29.1 Å². The van der Waals surface area contributed by atoms with Crippen LogP contribution in [-0.2, 0) is 17.8 Å². The number of benzene rings is 1. The summed E-state index contributed by atoms with van der Waals surface area (Å²) in [6, 6.07) is 9.16. The Kier molecular flexibility index (Phi) is 5.28. The summed E-state index contributed by atoms with van der Waals surface area (Å²) in [7, 11) is 0. The number of halogens is 3. The lowest BCUT2D eigenvalue weighted by atomic mass is 10.1. The molecule has 1 aromatic carbocycles. The van der Waals surface area contributed by atoms with E-state index in [1.54, 1.807) is 29.5 Å². The van der Waals surface area contributed by atoms with Crippen LogP contribution in [0.15, 0.2) is 34.1 Å². The summed E-state index contributed by atoms with van der Waals surface area (Å²) in [4.78, 5) is 12.9. The second-order valence-electron chi connectivity index (χ2n) is 3.91. The highest BCUT2D eigenvalue weighted by Gasteiger charge is 2.06. The lowest BCUT2D eigenvalue weighted by molar-refractivity contribution is -0.120. The monoisotopic (exact) mass is 377 g/mol. The van der Waals surface area contributed by atoms with Crippen LogP contribution in [-0.4, -0.2) is 5.91 Å². The zero-order chi connectivity index (χ0) is 13.8. The number of hydrogen-bond acceptors (Lipinski definition) is 2. The van der Waals surface area contributed by atoms with Crippen LogP contribution in [0.3, 0.4) is 0 Å². The molecule has 0 aliphatic heterocycles. The first-order chi connectivity index (χ1) is 9.04. The molecule has 2 aromatic rings. The number of nitrogens with one attached hydrogen (secondary N) is 1. The van der Waals surface area contributed by atoms with Crippen LogP contribution in [0.2, 0.25) is 10.0 Å². The molecule has 0 saturated heterocycles. The maximum Gasteiger partial charge on any atom is 0.224 e. The van der Waals surface area contributed by atoms with Crippen molar-refractivity contribution in [2.24, 2.45) is 0 Å². The van der Waals surface area contributed by atoms with Crippen molar-refractivity contribution in [2.45, 2.75) is 13.0 Å². The number of amides is 1. The van der Waals surface area contributed by atoms with E-state index in [9.17, 15) is 4.79 Å². The third kappa shape index (κ3) is 4.49. The predicted octanol–water partition coefficient (Wildman–Crippen LogP) is 4.68. The summed E-state index contributed by atoms with van der Waals surface area (Å²) in [5.74, 6) is -0.0390. The van der Waals surface area contributed by atoms with Crippen LogP contribution >= 0.6 is 50.5 Å². The minimum absolute atomic E-state index is 0.0390. The highest BCUT2D eigenvalue weighted by Crippen LogP contribution is 2.23. The molecule has 1 N–H and O–H groups in total. The normalized spacial score (nSPS) is 10.5. The Morgan fingerprint density at radius 3 is 2.63 bits per heavy atom. The Bertz CT molecular complexity index is 600. The van der Waals surface area contributed by atoms with E-state index in [1.807, 2.05) is 12.1 Å². The van der Waals surface area contributed by atoms with Crippen molar-refractivity contribution in [3.63, 3.8) is 0 Å². The van der Waals surface area contributed by atoms with E-state index in [4.69, 9.17) is 23.2 Å². The van der Waals surface area contributed by atoms with Gasteiger partial charge in [0.2, 0.25) is 5.91 Å². The van der Waals surface area contributed by atoms with Gasteiger partial charge < -0.3 is 5.32 Å². The highest BCUT2D eigenvalue weighted by atomic mass is 79.9. The molecule has 1 amide bonds. The standard InChI is InChI=1S/C13H10BrCl2NOS/c14-12-4-2-9(19-12)7-17-13(18)6-8-1-3-10(15)11(16)5-8/h1-5H,6-7H2,(H,17,18). The zero-order valence-corrected chi connectivity index (χ0v) is 13.7. The summed E-state index contributed by atoms with van der Waals surface area (Å²) >= 11 is 16.7. The first-order valence-electron chi connectivity index (χ1n) is 5.49. The van der Waals surface area contributed by atoms with Gasteiger partial charge in [0, 0.05) is 4.88 Å². The zero-order valence-electron chi connectivity index (χ0n) is 9.75. The SMILES string of the molecule is O=C(Cc1ccc(Cl)c(Cl)c1)NCc1ccc(Br)s1. The van der Waals surface area contributed by atoms with Gasteiger partial charge in [0.05, 0.1) is 26.8 Å². The lowest BCUT2D eigenvalue weighted by Gasteiger charge is -2.05. The van der Waals surface area contributed by atoms with E-state index < -0.39 is 0 Å². The van der Waals surface area contributed by atoms with E-state index in [-0.39, 0.29) is 5.91 Å². The van der Waals surface area contributed by atoms with E-state index in [2.05, 4.69) is 21.2 Å². The fourth-order valence-corrected chi connectivity index (χ4v) is 3.27. The first kappa shape index (κ1) is 14.9. The van der Waals surface area contributed by atoms with Crippen LogP contribution in [0.25, 0.3) is 0 Å². The van der Waals surface area contributed by atoms with Crippen molar-refractivity contribution < 1.29 is 4.79 Å². The maximum atomic E-state index is 11.8. The molecule has 0 aliphatic rings. The molecule has 0 aliphatic carbocycles. The quantitative estimate of drug-likeness (QED) is 0.822. The van der Waals surface area contributed by atoms with Gasteiger partial charge >= 0.3 is 0 Å². The van der Waals surface area contributed by atoms with Gasteiger partial charge in [0.25, 0.3) is 0 Å². The fourth-order valence-electron chi connectivity index (χ4n) is 1.53. The molecule has 19 heavy (non-hydrogen) atoms. The average molecular weight is 379 g/mol. The molecule has 0 spiro atoms. The molecule has 0 radical (unpaired) electrons. The second-order valence-corrected chi connectivity index (χ2v) is 7.27. The van der Waals surface area contributed by atoms with Crippen molar-refractivity contribution in [1.82, 2.24) is 5.32 Å². The van der Waals surface area contributed by atoms with Gasteiger partial charge in [-0.3, -0.25) is 4.79 Å². The molecule has 2 rings (SSSR count). The molecule has 6 heteroatoms. The van der Waals surface area contributed by atoms with Gasteiger partial charge in [0.1, 0.15) is 0 Å². The number of rotatable bonds is 4. The molecular formula is C13H10BrCl2NOS. The third-order valence-corrected chi connectivity index (χ3v) is 4.80. The lowest BCUT2D eigenvalue weighted by Crippen LogP contribution is -2.24. The molecule has 100 valence electrons. The van der Waals surface area contributed by atoms with E-state index in [1.165, 1.54) is 0 Å². The van der Waals surface area contributed by atoms with Crippen LogP contribution in [0.5, 0.6) is 0 Å². The molecule has 0 unspecified atom stereocenters. The van der Waals surface area contributed by atoms with Crippen molar-refractivity contribution in [3.05, 3.63) is 54.6 Å². The van der Waals surface area contributed by atoms with Gasteiger partial charge in [-0.2, -0.15) is 0 Å². The van der Waals surface area contributed by atoms with Crippen molar-refractivity contribution >= 4 is 56.4 Å². The third-order valence-electron chi connectivity index (χ3n) is 2.44. The average Bonchev–Trinajstić information content (AvgIpc) is 2.77. The highest BCUT2D eigenvalue weighted by molar-refractivity contribution is 9.11. The summed E-state index contributed by atoms with van der Waals surface area (Å²) < 4.78 is 1.06. The van der Waals surface area contributed by atoms with Crippen molar-refractivity contribution in [3.8, 4) is 0 Å². The first-order valence-corrected chi connectivity index (χ1v) is 7.86. The minimum atomic E-state index is -0.0390. The molecule has 0 saturated carbocycles. The van der Waals surface area contributed by atoms with E-state index in [0.717, 1.165) is 14.2 Å². The molecule has 0 fully saturated rings. The number of carbonyl (C=O) groups is 1. The molecule has 0 atom stereocenters. The molecule has 0 bridgehead atoms. The van der Waals surface area contributed by atoms with Gasteiger partial charge in [-0.25, -0.2) is 0 Å². The minimum Gasteiger partial charge on any atom is -0.351 e. The number of carbonyl (C=O) groups excluding carboxylic acids is 1. The van der Waals surface area contributed by atoms with Crippen molar-refractivity contribution in [1.29, 1.82) is 0 Å². The van der Waals surface area contributed by atoms with Crippen LogP contribution in [0.4, 0.5) is 0 Å². The Hall–Kier alpha value is -0.550. The molecule has 1 aromatic heterocycles. The number of thiophene rings is 1. The largest absolute Gasteiger partial charge is 0.351 e. The van der Waals surface area contributed by atoms with Crippen LogP contribution in [0.1, 0.15) is 10.4 Å². The van der Waals surface area contributed by atoms with Gasteiger partial charge in [-0.15, -0.1) is 11.3 Å². The predicted molar refractivity (Wildman–Crippen MR) is 84.0 cm³/mol. The van der Waals surface area contributed by atoms with Crippen LogP contribution in [0, 0.1) is 0 Å². The molecule has 1 heterocycles. The summed E-state index contributed by atoms with van der Waals surface area (Å²) in [5.41, 5.74) is 0.847. The number of hydrogen-bond donors (Lipinski definition) is 1. The fraction of sp³-hybridized carbons (Fsp3) is 0.154. The molecular weight excluding hydrogens is 369 g/mol. The Morgan fingerprint density at radius 1 is 1.21 bits per heavy atom. The van der Waals surface area contributed by atoms with Gasteiger partial charge in [0.15, 0.2) is 0 Å². The Labute approximate surface area is 133 Å². The van der Waals surface area contributed by atoms with Gasteiger partial charge in [-0.05, 0) is 45.8 Å². The van der Waals surface area contributed by atoms with E-state index >= 15 is 0 Å². The summed E-state index contributed by atoms with van der Waals surface area (Å²) in [5, 5.41) is 3.83. The Morgan fingerprint density at radius 2 is 2.00 bits per heavy atom. The van der Waals surface area contributed by atoms with E-state index in [0.29, 0.717) is 23.0 Å². The summed E-state index contributed by atoms with van der Waals surface area (Å²) in [6.07, 6.45) is 0.295. The Balaban J connectivity index is 1.88. The van der Waals surface area contributed by atoms with Crippen LogP contribution < -0.4 is 5.32 Å². The van der Waals surface area contributed by atoms with Gasteiger partial charge in [-0.1, -0.05) is 29.3 Å². The van der Waals surface area contributed by atoms with Crippen molar-refractivity contribution in [2.75, 3.05) is 0 Å².